The van der Waals surface area contributed by atoms with E-state index in [0.717, 1.165) is 38.3 Å². The molecule has 2 aromatic rings. The van der Waals surface area contributed by atoms with Gasteiger partial charge in [-0.2, -0.15) is 0 Å². The van der Waals surface area contributed by atoms with E-state index in [9.17, 15) is 4.79 Å². The summed E-state index contributed by atoms with van der Waals surface area (Å²) in [7, 11) is 0. The Morgan fingerprint density at radius 2 is 1.86 bits per heavy atom. The first kappa shape index (κ1) is 18.7. The fraction of sp³-hybridized carbons (Fsp3) is 0.522. The van der Waals surface area contributed by atoms with Gasteiger partial charge in [0, 0.05) is 49.9 Å². The topological polar surface area (TPSA) is 70.2 Å². The summed E-state index contributed by atoms with van der Waals surface area (Å²) in [5, 5.41) is 0. The molecule has 152 valence electrons. The van der Waals surface area contributed by atoms with Crippen molar-refractivity contribution in [1.82, 2.24) is 25.7 Å². The summed E-state index contributed by atoms with van der Waals surface area (Å²) in [4.78, 5) is 23.9. The van der Waals surface area contributed by atoms with Crippen LogP contribution in [0.15, 0.2) is 36.7 Å². The molecular formula is C23H29N5O. The van der Waals surface area contributed by atoms with Crippen molar-refractivity contribution in [3.8, 4) is 0 Å². The minimum absolute atomic E-state index is 0.0647. The van der Waals surface area contributed by atoms with Crippen LogP contribution in [0.3, 0.4) is 0 Å². The molecule has 1 saturated carbocycles. The largest absolute Gasteiger partial charge is 0.338 e. The molecule has 3 unspecified atom stereocenters. The second-order valence-electron chi connectivity index (χ2n) is 8.83. The quantitative estimate of drug-likeness (QED) is 0.839. The average Bonchev–Trinajstić information content (AvgIpc) is 3.50. The first-order valence-corrected chi connectivity index (χ1v) is 10.9. The molecule has 1 aromatic heterocycles. The Morgan fingerprint density at radius 3 is 2.59 bits per heavy atom. The summed E-state index contributed by atoms with van der Waals surface area (Å²) in [6.07, 6.45) is 7.96. The van der Waals surface area contributed by atoms with Crippen molar-refractivity contribution >= 4 is 5.91 Å². The zero-order valence-corrected chi connectivity index (χ0v) is 17.0. The predicted octanol–water partition coefficient (Wildman–Crippen LogP) is 2.77. The molecule has 3 heterocycles. The van der Waals surface area contributed by atoms with Crippen LogP contribution in [0.1, 0.15) is 64.8 Å². The van der Waals surface area contributed by atoms with Crippen LogP contribution in [0.4, 0.5) is 0 Å². The fourth-order valence-electron chi connectivity index (χ4n) is 4.77. The third-order valence-electron chi connectivity index (χ3n) is 6.64. The van der Waals surface area contributed by atoms with Gasteiger partial charge < -0.3 is 4.90 Å². The maximum Gasteiger partial charge on any atom is 0.257 e. The molecule has 0 bridgehead atoms. The van der Waals surface area contributed by atoms with E-state index in [4.69, 9.17) is 0 Å². The van der Waals surface area contributed by atoms with Gasteiger partial charge in [-0.25, -0.2) is 9.97 Å². The van der Waals surface area contributed by atoms with Crippen LogP contribution >= 0.6 is 0 Å². The van der Waals surface area contributed by atoms with E-state index >= 15 is 0 Å². The van der Waals surface area contributed by atoms with Crippen LogP contribution in [0.5, 0.6) is 0 Å². The lowest BCUT2D eigenvalue weighted by Crippen LogP contribution is -2.48. The molecule has 3 aliphatic rings. The van der Waals surface area contributed by atoms with Gasteiger partial charge in [0.25, 0.3) is 5.91 Å². The van der Waals surface area contributed by atoms with Gasteiger partial charge in [0.05, 0.1) is 5.56 Å². The molecule has 2 saturated heterocycles. The summed E-state index contributed by atoms with van der Waals surface area (Å²) in [5.41, 5.74) is 10.1. The minimum atomic E-state index is 0.0647. The van der Waals surface area contributed by atoms with E-state index in [0.29, 0.717) is 29.4 Å². The molecule has 2 aliphatic heterocycles. The zero-order chi connectivity index (χ0) is 19.8. The number of amides is 1. The average molecular weight is 392 g/mol. The molecule has 3 fully saturated rings. The number of piperidine rings is 1. The Morgan fingerprint density at radius 1 is 1.10 bits per heavy atom. The second kappa shape index (κ2) is 7.84. The molecule has 1 amide bonds. The highest BCUT2D eigenvalue weighted by Crippen LogP contribution is 2.37. The van der Waals surface area contributed by atoms with Gasteiger partial charge in [-0.1, -0.05) is 29.8 Å². The molecular weight excluding hydrogens is 362 g/mol. The molecule has 1 aromatic carbocycles. The number of hydrogen-bond donors (Lipinski definition) is 2. The van der Waals surface area contributed by atoms with Crippen molar-refractivity contribution in [1.29, 1.82) is 0 Å². The number of aromatic nitrogens is 2. The Labute approximate surface area is 172 Å². The number of nitrogens with zero attached hydrogens (tertiary/aromatic N) is 3. The van der Waals surface area contributed by atoms with Gasteiger partial charge in [0.2, 0.25) is 0 Å². The molecule has 6 nitrogen and oxygen atoms in total. The number of hydrazine groups is 1. The van der Waals surface area contributed by atoms with Gasteiger partial charge in [-0.3, -0.25) is 15.6 Å². The summed E-state index contributed by atoms with van der Waals surface area (Å²) < 4.78 is 0. The lowest BCUT2D eigenvalue weighted by atomic mass is 9.81. The van der Waals surface area contributed by atoms with E-state index in [-0.39, 0.29) is 5.91 Å². The molecule has 3 atom stereocenters. The van der Waals surface area contributed by atoms with Crippen LogP contribution in [0.2, 0.25) is 0 Å². The van der Waals surface area contributed by atoms with Crippen LogP contribution in [0, 0.1) is 12.8 Å². The van der Waals surface area contributed by atoms with Crippen molar-refractivity contribution in [2.45, 2.75) is 50.5 Å². The molecule has 1 aliphatic carbocycles. The van der Waals surface area contributed by atoms with Crippen molar-refractivity contribution in [2.24, 2.45) is 5.92 Å². The number of rotatable bonds is 4. The van der Waals surface area contributed by atoms with Gasteiger partial charge in [0.15, 0.2) is 0 Å². The Bertz CT molecular complexity index is 862. The van der Waals surface area contributed by atoms with E-state index < -0.39 is 0 Å². The van der Waals surface area contributed by atoms with E-state index in [2.05, 4.69) is 52.0 Å². The van der Waals surface area contributed by atoms with Crippen LogP contribution in [-0.4, -0.2) is 46.5 Å². The lowest BCUT2D eigenvalue weighted by Gasteiger charge is -2.37. The fourth-order valence-corrected chi connectivity index (χ4v) is 4.77. The number of nitrogens with one attached hydrogen (secondary N) is 2. The Hall–Kier alpha value is -2.31. The van der Waals surface area contributed by atoms with Crippen molar-refractivity contribution in [3.63, 3.8) is 0 Å². The molecule has 2 N–H and O–H groups in total. The number of aryl methyl sites for hydroxylation is 1. The maximum absolute atomic E-state index is 13.1. The molecule has 29 heavy (non-hydrogen) atoms. The summed E-state index contributed by atoms with van der Waals surface area (Å²) in [6.45, 7) is 4.65. The number of hydrogen-bond acceptors (Lipinski definition) is 5. The summed E-state index contributed by atoms with van der Waals surface area (Å²) in [6, 6.07) is 9.19. The SMILES string of the molecule is Cc1ccc(C2CNNC2C2CCCN(C(=O)c3cnc(C4CC4)nc3)C2)cc1. The third-order valence-corrected chi connectivity index (χ3v) is 6.64. The highest BCUT2D eigenvalue weighted by molar-refractivity contribution is 5.93. The summed E-state index contributed by atoms with van der Waals surface area (Å²) >= 11 is 0. The van der Waals surface area contributed by atoms with Gasteiger partial charge in [0.1, 0.15) is 5.82 Å². The van der Waals surface area contributed by atoms with Gasteiger partial charge in [-0.15, -0.1) is 0 Å². The molecule has 6 heteroatoms. The molecule has 5 rings (SSSR count). The number of carbonyl (C=O) groups is 1. The first-order valence-electron chi connectivity index (χ1n) is 10.9. The standard InChI is InChI=1S/C23H29N5O/c1-15-4-6-16(7-5-15)20-13-26-27-21(20)18-3-2-10-28(14-18)23(29)19-11-24-22(25-12-19)17-8-9-17/h4-7,11-12,17-18,20-21,26-27H,2-3,8-10,13-14H2,1H3. The van der Waals surface area contributed by atoms with Gasteiger partial charge >= 0.3 is 0 Å². The van der Waals surface area contributed by atoms with Crippen LogP contribution in [-0.2, 0) is 0 Å². The zero-order valence-electron chi connectivity index (χ0n) is 17.0. The van der Waals surface area contributed by atoms with E-state index in [1.807, 2.05) is 4.90 Å². The minimum Gasteiger partial charge on any atom is -0.338 e. The number of carbonyl (C=O) groups excluding carboxylic acids is 1. The third kappa shape index (κ3) is 3.91. The number of likely N-dealkylation sites (tertiary alicyclic amines) is 1. The molecule has 0 spiro atoms. The van der Waals surface area contributed by atoms with Crippen LogP contribution < -0.4 is 10.9 Å². The highest BCUT2D eigenvalue weighted by atomic mass is 16.2. The normalized spacial score (nSPS) is 27.2. The van der Waals surface area contributed by atoms with E-state index in [1.165, 1.54) is 24.0 Å². The maximum atomic E-state index is 13.1. The second-order valence-corrected chi connectivity index (χ2v) is 8.83. The van der Waals surface area contributed by atoms with Crippen molar-refractivity contribution in [2.75, 3.05) is 19.6 Å². The van der Waals surface area contributed by atoms with E-state index in [1.54, 1.807) is 12.4 Å². The summed E-state index contributed by atoms with van der Waals surface area (Å²) in [5.74, 6) is 2.32. The smallest absolute Gasteiger partial charge is 0.257 e. The van der Waals surface area contributed by atoms with Crippen molar-refractivity contribution < 1.29 is 4.79 Å². The Balaban J connectivity index is 1.28. The number of benzene rings is 1. The van der Waals surface area contributed by atoms with Gasteiger partial charge in [-0.05, 0) is 44.1 Å². The predicted molar refractivity (Wildman–Crippen MR) is 111 cm³/mol. The molecule has 0 radical (unpaired) electrons. The monoisotopic (exact) mass is 391 g/mol. The van der Waals surface area contributed by atoms with Crippen LogP contribution in [0.25, 0.3) is 0 Å². The lowest BCUT2D eigenvalue weighted by molar-refractivity contribution is 0.0643. The first-order chi connectivity index (χ1) is 14.2. The highest BCUT2D eigenvalue weighted by Gasteiger charge is 2.38. The Kier molecular flexibility index (Phi) is 5.06. The van der Waals surface area contributed by atoms with Crippen molar-refractivity contribution in [3.05, 3.63) is 59.2 Å².